The van der Waals surface area contributed by atoms with Crippen molar-refractivity contribution >= 4 is 34.2 Å². The second-order valence-electron chi connectivity index (χ2n) is 4.39. The highest BCUT2D eigenvalue weighted by molar-refractivity contribution is 6.37. The minimum absolute atomic E-state index is 0.0475. The monoisotopic (exact) mass is 343 g/mol. The van der Waals surface area contributed by atoms with Gasteiger partial charge in [-0.3, -0.25) is 4.98 Å². The summed E-state index contributed by atoms with van der Waals surface area (Å²) in [5.74, 6) is 0. The molecule has 8 heteroatoms. The summed E-state index contributed by atoms with van der Waals surface area (Å²) >= 11 is 11.8. The van der Waals surface area contributed by atoms with Crippen LogP contribution >= 0.6 is 23.2 Å². The van der Waals surface area contributed by atoms with Crippen molar-refractivity contribution in [2.75, 3.05) is 0 Å². The van der Waals surface area contributed by atoms with Gasteiger partial charge in [-0.2, -0.15) is 13.2 Å². The van der Waals surface area contributed by atoms with E-state index in [9.17, 15) is 13.2 Å². The van der Waals surface area contributed by atoms with E-state index in [4.69, 9.17) is 23.2 Å². The molecule has 0 fully saturated rings. The predicted molar refractivity (Wildman–Crippen MR) is 77.8 cm³/mol. The molecule has 0 bridgehead atoms. The number of fused-ring (bicyclic) bond motifs is 1. The van der Waals surface area contributed by atoms with Gasteiger partial charge in [-0.1, -0.05) is 23.2 Å². The van der Waals surface area contributed by atoms with Crippen molar-refractivity contribution in [3.8, 4) is 11.4 Å². The fourth-order valence-electron chi connectivity index (χ4n) is 2.01. The summed E-state index contributed by atoms with van der Waals surface area (Å²) in [5.41, 5.74) is -0.926. The number of nitrogens with zero attached hydrogens (tertiary/aromatic N) is 3. The van der Waals surface area contributed by atoms with E-state index < -0.39 is 11.7 Å². The molecule has 3 rings (SSSR count). The maximum absolute atomic E-state index is 13.1. The third-order valence-corrected chi connectivity index (χ3v) is 3.45. The van der Waals surface area contributed by atoms with Gasteiger partial charge in [-0.05, 0) is 30.3 Å². The average molecular weight is 344 g/mol. The van der Waals surface area contributed by atoms with Crippen LogP contribution in [0, 0.1) is 0 Å². The lowest BCUT2D eigenvalue weighted by atomic mass is 10.1. The highest BCUT2D eigenvalue weighted by Crippen LogP contribution is 2.35. The molecule has 0 saturated heterocycles. The van der Waals surface area contributed by atoms with Crippen LogP contribution in [0.2, 0.25) is 10.2 Å². The van der Waals surface area contributed by atoms with Gasteiger partial charge >= 0.3 is 6.18 Å². The lowest BCUT2D eigenvalue weighted by Gasteiger charge is -2.11. The Labute approximate surface area is 132 Å². The molecule has 0 aliphatic heterocycles. The van der Waals surface area contributed by atoms with E-state index in [-0.39, 0.29) is 22.2 Å². The van der Waals surface area contributed by atoms with Gasteiger partial charge in [0.2, 0.25) is 0 Å². The molecule has 112 valence electrons. The molecule has 22 heavy (non-hydrogen) atoms. The Morgan fingerprint density at radius 2 is 1.77 bits per heavy atom. The van der Waals surface area contributed by atoms with Gasteiger partial charge in [0, 0.05) is 11.6 Å². The number of pyridine rings is 3. The first-order valence-electron chi connectivity index (χ1n) is 6.01. The SMILES string of the molecule is FC(F)(F)c1cccnc1-c1ccc2c(Cl)cc(Cl)nc2n1. The molecule has 3 heterocycles. The zero-order valence-corrected chi connectivity index (χ0v) is 12.2. The van der Waals surface area contributed by atoms with Crippen LogP contribution in [0.15, 0.2) is 36.5 Å². The van der Waals surface area contributed by atoms with Crippen LogP contribution in [0.3, 0.4) is 0 Å². The highest BCUT2D eigenvalue weighted by atomic mass is 35.5. The van der Waals surface area contributed by atoms with Crippen LogP contribution in [-0.4, -0.2) is 15.0 Å². The highest BCUT2D eigenvalue weighted by Gasteiger charge is 2.34. The number of hydrogen-bond donors (Lipinski definition) is 0. The third-order valence-electron chi connectivity index (χ3n) is 2.95. The largest absolute Gasteiger partial charge is 0.418 e. The molecular weight excluding hydrogens is 338 g/mol. The molecule has 3 aromatic rings. The Bertz CT molecular complexity index is 866. The van der Waals surface area contributed by atoms with E-state index in [0.29, 0.717) is 10.4 Å². The van der Waals surface area contributed by atoms with Crippen molar-refractivity contribution < 1.29 is 13.2 Å². The van der Waals surface area contributed by atoms with E-state index in [1.165, 1.54) is 30.5 Å². The van der Waals surface area contributed by atoms with E-state index >= 15 is 0 Å². The minimum atomic E-state index is -4.53. The predicted octanol–water partition coefficient (Wildman–Crippen LogP) is 5.02. The molecule has 0 aliphatic rings. The summed E-state index contributed by atoms with van der Waals surface area (Å²) in [5, 5.41) is 0.935. The maximum atomic E-state index is 13.1. The maximum Gasteiger partial charge on any atom is 0.418 e. The van der Waals surface area contributed by atoms with Crippen LogP contribution < -0.4 is 0 Å². The average Bonchev–Trinajstić information content (AvgIpc) is 2.45. The summed E-state index contributed by atoms with van der Waals surface area (Å²) in [7, 11) is 0. The van der Waals surface area contributed by atoms with Gasteiger partial charge in [-0.15, -0.1) is 0 Å². The van der Waals surface area contributed by atoms with Crippen LogP contribution in [0.25, 0.3) is 22.4 Å². The standard InChI is InChI=1S/C14H6Cl2F3N3/c15-9-6-11(16)22-13-7(9)3-4-10(21-13)12-8(14(17,18)19)2-1-5-20-12/h1-6H. The smallest absolute Gasteiger partial charge is 0.254 e. The zero-order chi connectivity index (χ0) is 15.9. The Morgan fingerprint density at radius 1 is 1.00 bits per heavy atom. The molecule has 0 aliphatic carbocycles. The first kappa shape index (κ1) is 15.0. The number of halogens is 5. The summed E-state index contributed by atoms with van der Waals surface area (Å²) < 4.78 is 39.2. The first-order valence-corrected chi connectivity index (χ1v) is 6.77. The normalized spacial score (nSPS) is 11.9. The summed E-state index contributed by atoms with van der Waals surface area (Å²) in [6.45, 7) is 0. The molecule has 0 amide bonds. The second kappa shape index (κ2) is 5.37. The summed E-state index contributed by atoms with van der Waals surface area (Å²) in [6, 6.07) is 6.57. The first-order chi connectivity index (χ1) is 10.4. The molecule has 0 N–H and O–H groups in total. The lowest BCUT2D eigenvalue weighted by Crippen LogP contribution is -2.08. The van der Waals surface area contributed by atoms with Crippen molar-refractivity contribution in [1.29, 1.82) is 0 Å². The van der Waals surface area contributed by atoms with Crippen molar-refractivity contribution in [2.24, 2.45) is 0 Å². The van der Waals surface area contributed by atoms with E-state index in [0.717, 1.165) is 6.07 Å². The Morgan fingerprint density at radius 3 is 2.50 bits per heavy atom. The van der Waals surface area contributed by atoms with E-state index in [1.54, 1.807) is 0 Å². The summed E-state index contributed by atoms with van der Waals surface area (Å²) in [4.78, 5) is 11.9. The molecule has 0 spiro atoms. The van der Waals surface area contributed by atoms with Gasteiger partial charge in [0.1, 0.15) is 10.8 Å². The van der Waals surface area contributed by atoms with Crippen molar-refractivity contribution in [3.63, 3.8) is 0 Å². The topological polar surface area (TPSA) is 38.7 Å². The van der Waals surface area contributed by atoms with Crippen molar-refractivity contribution in [3.05, 3.63) is 52.3 Å². The number of rotatable bonds is 1. The third kappa shape index (κ3) is 2.71. The fourth-order valence-corrected chi connectivity index (χ4v) is 2.50. The number of hydrogen-bond acceptors (Lipinski definition) is 3. The van der Waals surface area contributed by atoms with Crippen LogP contribution in [0.1, 0.15) is 5.56 Å². The van der Waals surface area contributed by atoms with Gasteiger partial charge < -0.3 is 0 Å². The van der Waals surface area contributed by atoms with Gasteiger partial charge in [-0.25, -0.2) is 9.97 Å². The molecule has 0 saturated carbocycles. The van der Waals surface area contributed by atoms with Crippen LogP contribution in [0.5, 0.6) is 0 Å². The van der Waals surface area contributed by atoms with E-state index in [1.807, 2.05) is 0 Å². The molecule has 3 nitrogen and oxygen atoms in total. The molecule has 0 atom stereocenters. The second-order valence-corrected chi connectivity index (χ2v) is 5.19. The van der Waals surface area contributed by atoms with Gasteiger partial charge in [0.25, 0.3) is 0 Å². The Kier molecular flexibility index (Phi) is 3.66. The van der Waals surface area contributed by atoms with Gasteiger partial charge in [0.05, 0.1) is 16.3 Å². The van der Waals surface area contributed by atoms with Crippen molar-refractivity contribution in [1.82, 2.24) is 15.0 Å². The quantitative estimate of drug-likeness (QED) is 0.582. The van der Waals surface area contributed by atoms with Crippen molar-refractivity contribution in [2.45, 2.75) is 6.18 Å². The van der Waals surface area contributed by atoms with Gasteiger partial charge in [0.15, 0.2) is 5.65 Å². The number of alkyl halides is 3. The number of aromatic nitrogens is 3. The Balaban J connectivity index is 2.24. The molecular formula is C14H6Cl2F3N3. The van der Waals surface area contributed by atoms with E-state index in [2.05, 4.69) is 15.0 Å². The van der Waals surface area contributed by atoms with Crippen LogP contribution in [-0.2, 0) is 6.18 Å². The lowest BCUT2D eigenvalue weighted by molar-refractivity contribution is -0.137. The molecule has 3 aromatic heterocycles. The summed E-state index contributed by atoms with van der Waals surface area (Å²) in [6.07, 6.45) is -3.26. The molecule has 0 unspecified atom stereocenters. The molecule has 0 aromatic carbocycles. The Hall–Kier alpha value is -1.92. The van der Waals surface area contributed by atoms with Crippen LogP contribution in [0.4, 0.5) is 13.2 Å². The molecule has 0 radical (unpaired) electrons. The minimum Gasteiger partial charge on any atom is -0.254 e. The zero-order valence-electron chi connectivity index (χ0n) is 10.7. The fraction of sp³-hybridized carbons (Fsp3) is 0.0714.